The molecule has 0 saturated carbocycles. The number of hydrogen-bond acceptors (Lipinski definition) is 15. The van der Waals surface area contributed by atoms with E-state index in [0.717, 1.165) is 32.8 Å². The number of oxime groups is 1. The molecule has 0 aromatic carbocycles. The number of carboxylic acid groups (broad SMARTS) is 1. The summed E-state index contributed by atoms with van der Waals surface area (Å²) in [5, 5.41) is 30.9. The average molecular weight is 582 g/mol. The third-order valence-corrected chi connectivity index (χ3v) is 8.66. The van der Waals surface area contributed by atoms with Crippen molar-refractivity contribution in [3.05, 3.63) is 22.3 Å². The van der Waals surface area contributed by atoms with Crippen LogP contribution in [0.5, 0.6) is 0 Å². The number of aliphatic carboxylic acids is 1. The molecule has 0 spiro atoms. The summed E-state index contributed by atoms with van der Waals surface area (Å²) < 4.78 is 0. The zero-order chi connectivity index (χ0) is 27.0. The Kier molecular flexibility index (Phi) is 7.08. The van der Waals surface area contributed by atoms with Crippen LogP contribution in [0.1, 0.15) is 12.1 Å². The van der Waals surface area contributed by atoms with E-state index < -0.39 is 35.3 Å². The largest absolute Gasteiger partial charge is 0.477 e. The van der Waals surface area contributed by atoms with E-state index in [1.54, 1.807) is 0 Å². The average Bonchev–Trinajstić information content (AvgIpc) is 3.62. The Morgan fingerprint density at radius 2 is 2.21 bits per heavy atom. The van der Waals surface area contributed by atoms with Crippen molar-refractivity contribution >= 4 is 69.4 Å². The number of β-lactam (4-membered cyclic amide) rings is 1. The second-order valence-electron chi connectivity index (χ2n) is 8.00. The van der Waals surface area contributed by atoms with Gasteiger partial charge in [-0.25, -0.2) is 9.78 Å². The van der Waals surface area contributed by atoms with Gasteiger partial charge in [0.05, 0.1) is 0 Å². The molecule has 3 aliphatic rings. The van der Waals surface area contributed by atoms with Crippen molar-refractivity contribution < 1.29 is 29.1 Å². The van der Waals surface area contributed by atoms with Gasteiger partial charge in [-0.05, 0) is 16.0 Å². The standard InChI is InChI=1S/C18H19N11O6S3/c19-17-22-7(5-37-17)9(25-35-8-1-2-21-12(8)30)13(31)23-10-14(32)28-11(16(33)34)6(3-36-15(10)28)4-38-18-24-26-27-29(18)20/h5,8,10,15H,1-4,20H2,(H2,19,22)(H,21,30)(H,23,31)(H,33,34)/b25-9-/t8?,10-,15+/m1/s1. The van der Waals surface area contributed by atoms with Crippen LogP contribution in [0.3, 0.4) is 0 Å². The van der Waals surface area contributed by atoms with Crippen molar-refractivity contribution in [3.8, 4) is 0 Å². The molecule has 20 heteroatoms. The molecule has 3 aliphatic heterocycles. The molecule has 17 nitrogen and oxygen atoms in total. The maximum Gasteiger partial charge on any atom is 0.352 e. The van der Waals surface area contributed by atoms with Gasteiger partial charge >= 0.3 is 5.97 Å². The fourth-order valence-electron chi connectivity index (χ4n) is 3.83. The first-order valence-electron chi connectivity index (χ1n) is 10.8. The molecular weight excluding hydrogens is 562 g/mol. The van der Waals surface area contributed by atoms with E-state index in [1.165, 1.54) is 17.1 Å². The second-order valence-corrected chi connectivity index (χ2v) is 10.9. The summed E-state index contributed by atoms with van der Waals surface area (Å²) in [6.45, 7) is 0.415. The minimum Gasteiger partial charge on any atom is -0.477 e. The van der Waals surface area contributed by atoms with Crippen molar-refractivity contribution in [2.75, 3.05) is 29.6 Å². The molecule has 2 saturated heterocycles. The number of tetrazole rings is 1. The van der Waals surface area contributed by atoms with Crippen molar-refractivity contribution in [3.63, 3.8) is 0 Å². The Balaban J connectivity index is 1.31. The quantitative estimate of drug-likeness (QED) is 0.0679. The lowest BCUT2D eigenvalue weighted by molar-refractivity contribution is -0.150. The number of amides is 3. The summed E-state index contributed by atoms with van der Waals surface area (Å²) in [6.07, 6.45) is -0.497. The van der Waals surface area contributed by atoms with Gasteiger partial charge in [0.2, 0.25) is 11.3 Å². The summed E-state index contributed by atoms with van der Waals surface area (Å²) in [7, 11) is 0. The lowest BCUT2D eigenvalue weighted by Gasteiger charge is -2.49. The Morgan fingerprint density at radius 1 is 1.39 bits per heavy atom. The number of nitrogens with zero attached hydrogens (tertiary/aromatic N) is 7. The van der Waals surface area contributed by atoms with Gasteiger partial charge in [-0.15, -0.1) is 27.9 Å². The molecule has 200 valence electrons. The van der Waals surface area contributed by atoms with E-state index >= 15 is 0 Å². The molecular formula is C18H19N11O6S3. The van der Waals surface area contributed by atoms with Gasteiger partial charge in [0.25, 0.3) is 17.7 Å². The first kappa shape index (κ1) is 25.7. The van der Waals surface area contributed by atoms with E-state index in [9.17, 15) is 24.3 Å². The van der Waals surface area contributed by atoms with Gasteiger partial charge < -0.3 is 32.2 Å². The van der Waals surface area contributed by atoms with Crippen LogP contribution in [0.4, 0.5) is 5.13 Å². The van der Waals surface area contributed by atoms with Gasteiger partial charge in [0, 0.05) is 29.9 Å². The number of carbonyl (C=O) groups is 4. The number of fused-ring (bicyclic) bond motifs is 1. The van der Waals surface area contributed by atoms with Crippen molar-refractivity contribution in [2.24, 2.45) is 5.16 Å². The van der Waals surface area contributed by atoms with Crippen LogP contribution in [0.25, 0.3) is 0 Å². The molecule has 2 aromatic rings. The molecule has 0 radical (unpaired) electrons. The summed E-state index contributed by atoms with van der Waals surface area (Å²) in [6, 6.07) is -1.02. The molecule has 5 heterocycles. The molecule has 2 fully saturated rings. The fraction of sp³-hybridized carbons (Fsp3) is 0.389. The highest BCUT2D eigenvalue weighted by Crippen LogP contribution is 2.41. The zero-order valence-electron chi connectivity index (χ0n) is 19.1. The first-order chi connectivity index (χ1) is 18.2. The van der Waals surface area contributed by atoms with Crippen LogP contribution in [-0.4, -0.2) is 100 Å². The molecule has 7 N–H and O–H groups in total. The lowest BCUT2D eigenvalue weighted by Crippen LogP contribution is -2.71. The lowest BCUT2D eigenvalue weighted by atomic mass is 10.0. The smallest absolute Gasteiger partial charge is 0.352 e. The monoisotopic (exact) mass is 581 g/mol. The summed E-state index contributed by atoms with van der Waals surface area (Å²) >= 11 is 3.49. The highest BCUT2D eigenvalue weighted by atomic mass is 32.2. The first-order valence-corrected chi connectivity index (χ1v) is 13.8. The van der Waals surface area contributed by atoms with E-state index in [0.29, 0.717) is 18.5 Å². The van der Waals surface area contributed by atoms with E-state index in [4.69, 9.17) is 16.4 Å². The van der Waals surface area contributed by atoms with Crippen LogP contribution >= 0.6 is 34.9 Å². The van der Waals surface area contributed by atoms with Gasteiger partial charge in [-0.1, -0.05) is 22.0 Å². The maximum atomic E-state index is 13.2. The molecule has 3 amide bonds. The van der Waals surface area contributed by atoms with Gasteiger partial charge in [-0.3, -0.25) is 19.3 Å². The van der Waals surface area contributed by atoms with Gasteiger partial charge in [0.15, 0.2) is 10.8 Å². The number of nitrogen functional groups attached to an aromatic ring is 2. The highest BCUT2D eigenvalue weighted by molar-refractivity contribution is 8.01. The zero-order valence-corrected chi connectivity index (χ0v) is 21.6. The molecule has 38 heavy (non-hydrogen) atoms. The minimum atomic E-state index is -1.28. The Bertz CT molecular complexity index is 1370. The highest BCUT2D eigenvalue weighted by Gasteiger charge is 2.54. The third-order valence-electron chi connectivity index (χ3n) is 5.62. The van der Waals surface area contributed by atoms with E-state index in [1.807, 2.05) is 0 Å². The van der Waals surface area contributed by atoms with Crippen LogP contribution in [0, 0.1) is 0 Å². The molecule has 3 atom stereocenters. The minimum absolute atomic E-state index is 0.107. The number of nitrogens with one attached hydrogen (secondary N) is 2. The number of anilines is 1. The van der Waals surface area contributed by atoms with Crippen molar-refractivity contribution in [1.82, 2.24) is 40.8 Å². The number of aromatic nitrogens is 5. The van der Waals surface area contributed by atoms with E-state index in [-0.39, 0.29) is 44.8 Å². The Hall–Kier alpha value is -3.91. The van der Waals surface area contributed by atoms with Crippen LogP contribution in [0.2, 0.25) is 0 Å². The second kappa shape index (κ2) is 10.5. The predicted molar refractivity (Wildman–Crippen MR) is 134 cm³/mol. The van der Waals surface area contributed by atoms with Crippen molar-refractivity contribution in [1.29, 1.82) is 0 Å². The predicted octanol–water partition coefficient (Wildman–Crippen LogP) is -2.43. The number of carboxylic acids is 1. The maximum absolute atomic E-state index is 13.2. The number of rotatable bonds is 9. The number of hydrogen-bond donors (Lipinski definition) is 5. The SMILES string of the molecule is Nc1nc(/C(=N/OC2CCNC2=O)C(=O)N[C@@H]2C(=O)N3C(C(=O)O)=C(CSc4nnnn4N)CS[C@@H]23)cs1. The van der Waals surface area contributed by atoms with Crippen molar-refractivity contribution in [2.45, 2.75) is 29.1 Å². The topological polar surface area (TPSA) is 246 Å². The Morgan fingerprint density at radius 3 is 2.84 bits per heavy atom. The summed E-state index contributed by atoms with van der Waals surface area (Å²) in [5.41, 5.74) is 5.85. The van der Waals surface area contributed by atoms with Crippen LogP contribution in [-0.2, 0) is 24.0 Å². The van der Waals surface area contributed by atoms with E-state index in [2.05, 4.69) is 36.3 Å². The van der Waals surface area contributed by atoms with Crippen LogP contribution in [0.15, 0.2) is 27.0 Å². The van der Waals surface area contributed by atoms with Gasteiger partial charge in [0.1, 0.15) is 22.8 Å². The third kappa shape index (κ3) is 4.84. The van der Waals surface area contributed by atoms with Gasteiger partial charge in [-0.2, -0.15) is 0 Å². The number of thioether (sulfide) groups is 2. The molecule has 5 rings (SSSR count). The molecule has 0 aliphatic carbocycles. The normalized spacial score (nSPS) is 23.1. The summed E-state index contributed by atoms with van der Waals surface area (Å²) in [4.78, 5) is 61.5. The molecule has 1 unspecified atom stereocenters. The number of thiazole rings is 1. The number of nitrogens with two attached hydrogens (primary N) is 2. The summed E-state index contributed by atoms with van der Waals surface area (Å²) in [5.74, 6) is 3.04. The number of carbonyl (C=O) groups excluding carboxylic acids is 3. The molecule has 0 bridgehead atoms. The fourth-order valence-corrected chi connectivity index (χ4v) is 6.65. The molecule has 2 aromatic heterocycles. The Labute approximate surface area is 225 Å². The van der Waals surface area contributed by atoms with Crippen LogP contribution < -0.4 is 22.2 Å².